The Morgan fingerprint density at radius 2 is 1.86 bits per heavy atom. The maximum absolute atomic E-state index is 14.0. The zero-order valence-corrected chi connectivity index (χ0v) is 12.2. The molecule has 1 aliphatic rings. The minimum Gasteiger partial charge on any atom is -0.496 e. The maximum atomic E-state index is 14.0. The highest BCUT2D eigenvalue weighted by Crippen LogP contribution is 2.32. The molecule has 0 bridgehead atoms. The number of rotatable bonds is 5. The molecular formula is C15H18FNO5. The van der Waals surface area contributed by atoms with Gasteiger partial charge in [-0.15, -0.1) is 0 Å². The Morgan fingerprint density at radius 3 is 2.36 bits per heavy atom. The molecule has 120 valence electrons. The number of carboxylic acid groups (broad SMARTS) is 1. The van der Waals surface area contributed by atoms with Gasteiger partial charge in [-0.05, 0) is 31.7 Å². The summed E-state index contributed by atoms with van der Waals surface area (Å²) in [6.07, 6.45) is 1.74. The highest BCUT2D eigenvalue weighted by atomic mass is 19.1. The van der Waals surface area contributed by atoms with Gasteiger partial charge in [0.1, 0.15) is 5.75 Å². The predicted octanol–water partition coefficient (Wildman–Crippen LogP) is 1.96. The fourth-order valence-electron chi connectivity index (χ4n) is 2.59. The molecule has 7 heteroatoms. The lowest BCUT2D eigenvalue weighted by atomic mass is 9.87. The zero-order chi connectivity index (χ0) is 16.3. The predicted molar refractivity (Wildman–Crippen MR) is 75.5 cm³/mol. The van der Waals surface area contributed by atoms with Crippen LogP contribution in [0.25, 0.3) is 0 Å². The van der Waals surface area contributed by atoms with Gasteiger partial charge in [0.15, 0.2) is 11.6 Å². The van der Waals surface area contributed by atoms with E-state index >= 15 is 0 Å². The third kappa shape index (κ3) is 3.47. The van der Waals surface area contributed by atoms with Crippen molar-refractivity contribution in [2.75, 3.05) is 7.11 Å². The van der Waals surface area contributed by atoms with Gasteiger partial charge in [-0.1, -0.05) is 0 Å². The molecule has 22 heavy (non-hydrogen) atoms. The van der Waals surface area contributed by atoms with Gasteiger partial charge in [-0.2, -0.15) is 0 Å². The van der Waals surface area contributed by atoms with Crippen LogP contribution in [0.3, 0.4) is 0 Å². The Morgan fingerprint density at radius 1 is 1.23 bits per heavy atom. The number of amides is 1. The first-order valence-electron chi connectivity index (χ1n) is 6.99. The van der Waals surface area contributed by atoms with Gasteiger partial charge in [0.25, 0.3) is 5.91 Å². The summed E-state index contributed by atoms with van der Waals surface area (Å²) in [4.78, 5) is 22.3. The SMILES string of the molecule is COc1cc(F)c(OC2CCC(C(=O)O)CC2)cc1C(N)=O. The first-order chi connectivity index (χ1) is 10.4. The topological polar surface area (TPSA) is 98.8 Å². The average Bonchev–Trinajstić information content (AvgIpc) is 2.49. The van der Waals surface area contributed by atoms with Crippen LogP contribution >= 0.6 is 0 Å². The fourth-order valence-corrected chi connectivity index (χ4v) is 2.59. The second-order valence-electron chi connectivity index (χ2n) is 5.28. The number of benzene rings is 1. The van der Waals surface area contributed by atoms with E-state index < -0.39 is 17.7 Å². The number of hydrogen-bond donors (Lipinski definition) is 2. The molecule has 0 unspecified atom stereocenters. The highest BCUT2D eigenvalue weighted by Gasteiger charge is 2.28. The molecule has 1 fully saturated rings. The Kier molecular flexibility index (Phi) is 4.85. The van der Waals surface area contributed by atoms with Crippen molar-refractivity contribution in [2.24, 2.45) is 11.7 Å². The molecule has 2 rings (SSSR count). The van der Waals surface area contributed by atoms with Crippen LogP contribution in [0.15, 0.2) is 12.1 Å². The third-order valence-corrected chi connectivity index (χ3v) is 3.84. The monoisotopic (exact) mass is 311 g/mol. The lowest BCUT2D eigenvalue weighted by molar-refractivity contribution is -0.143. The van der Waals surface area contributed by atoms with E-state index in [1.807, 2.05) is 0 Å². The molecule has 0 heterocycles. The Balaban J connectivity index is 2.12. The van der Waals surface area contributed by atoms with E-state index in [0.29, 0.717) is 25.7 Å². The lowest BCUT2D eigenvalue weighted by Gasteiger charge is -2.27. The molecule has 0 spiro atoms. The molecule has 0 saturated heterocycles. The number of nitrogens with two attached hydrogens (primary N) is 1. The summed E-state index contributed by atoms with van der Waals surface area (Å²) in [5.41, 5.74) is 5.27. The van der Waals surface area contributed by atoms with Crippen molar-refractivity contribution < 1.29 is 28.6 Å². The maximum Gasteiger partial charge on any atom is 0.306 e. The van der Waals surface area contributed by atoms with Gasteiger partial charge in [0, 0.05) is 6.07 Å². The number of hydrogen-bond acceptors (Lipinski definition) is 4. The first kappa shape index (κ1) is 16.1. The quantitative estimate of drug-likeness (QED) is 0.866. The first-order valence-corrected chi connectivity index (χ1v) is 6.99. The molecule has 1 aliphatic carbocycles. The normalized spacial score (nSPS) is 21.2. The van der Waals surface area contributed by atoms with E-state index in [2.05, 4.69) is 0 Å². The van der Waals surface area contributed by atoms with Crippen molar-refractivity contribution in [1.82, 2.24) is 0 Å². The molecule has 0 radical (unpaired) electrons. The molecule has 1 aromatic carbocycles. The van der Waals surface area contributed by atoms with E-state index in [4.69, 9.17) is 20.3 Å². The van der Waals surface area contributed by atoms with Crippen LogP contribution in [0, 0.1) is 11.7 Å². The molecule has 6 nitrogen and oxygen atoms in total. The van der Waals surface area contributed by atoms with Crippen LogP contribution in [0.2, 0.25) is 0 Å². The van der Waals surface area contributed by atoms with Crippen molar-refractivity contribution in [3.8, 4) is 11.5 Å². The van der Waals surface area contributed by atoms with Gasteiger partial charge in [0.2, 0.25) is 0 Å². The number of primary amides is 1. The van der Waals surface area contributed by atoms with Crippen LogP contribution < -0.4 is 15.2 Å². The average molecular weight is 311 g/mol. The molecule has 1 amide bonds. The summed E-state index contributed by atoms with van der Waals surface area (Å²) in [7, 11) is 1.31. The molecule has 0 atom stereocenters. The largest absolute Gasteiger partial charge is 0.496 e. The summed E-state index contributed by atoms with van der Waals surface area (Å²) >= 11 is 0. The summed E-state index contributed by atoms with van der Waals surface area (Å²) in [6.45, 7) is 0. The zero-order valence-electron chi connectivity index (χ0n) is 12.2. The van der Waals surface area contributed by atoms with Crippen LogP contribution in [0.5, 0.6) is 11.5 Å². The summed E-state index contributed by atoms with van der Waals surface area (Å²) in [5.74, 6) is -2.61. The molecule has 1 saturated carbocycles. The van der Waals surface area contributed by atoms with Gasteiger partial charge in [-0.3, -0.25) is 9.59 Å². The van der Waals surface area contributed by atoms with Crippen molar-refractivity contribution in [2.45, 2.75) is 31.8 Å². The van der Waals surface area contributed by atoms with Crippen molar-refractivity contribution >= 4 is 11.9 Å². The number of carbonyl (C=O) groups is 2. The Hall–Kier alpha value is -2.31. The summed E-state index contributed by atoms with van der Waals surface area (Å²) < 4.78 is 24.5. The van der Waals surface area contributed by atoms with Crippen LogP contribution in [0.4, 0.5) is 4.39 Å². The molecule has 3 N–H and O–H groups in total. The standard InChI is InChI=1S/C15H18FNO5/c1-21-12-7-11(16)13(6-10(12)14(17)18)22-9-4-2-8(3-5-9)15(19)20/h6-9H,2-5H2,1H3,(H2,17,18)(H,19,20). The number of halogens is 1. The van der Waals surface area contributed by atoms with Gasteiger partial charge in [0.05, 0.1) is 24.7 Å². The molecule has 0 aliphatic heterocycles. The van der Waals surface area contributed by atoms with Gasteiger partial charge in [-0.25, -0.2) is 4.39 Å². The van der Waals surface area contributed by atoms with E-state index in [-0.39, 0.29) is 29.1 Å². The number of carbonyl (C=O) groups excluding carboxylic acids is 1. The van der Waals surface area contributed by atoms with Crippen molar-refractivity contribution in [3.63, 3.8) is 0 Å². The second-order valence-corrected chi connectivity index (χ2v) is 5.28. The Labute approximate surface area is 127 Å². The smallest absolute Gasteiger partial charge is 0.306 e. The molecule has 0 aromatic heterocycles. The summed E-state index contributed by atoms with van der Waals surface area (Å²) in [6, 6.07) is 2.28. The van der Waals surface area contributed by atoms with E-state index in [1.165, 1.54) is 13.2 Å². The van der Waals surface area contributed by atoms with Crippen LogP contribution in [0.1, 0.15) is 36.0 Å². The minimum atomic E-state index is -0.815. The van der Waals surface area contributed by atoms with Gasteiger partial charge < -0.3 is 20.3 Å². The van der Waals surface area contributed by atoms with E-state index in [0.717, 1.165) is 6.07 Å². The minimum absolute atomic E-state index is 0.0399. The lowest BCUT2D eigenvalue weighted by Crippen LogP contribution is -2.28. The number of ether oxygens (including phenoxy) is 2. The number of methoxy groups -OCH3 is 1. The Bertz CT molecular complexity index is 582. The van der Waals surface area contributed by atoms with Crippen molar-refractivity contribution in [1.29, 1.82) is 0 Å². The van der Waals surface area contributed by atoms with Crippen molar-refractivity contribution in [3.05, 3.63) is 23.5 Å². The third-order valence-electron chi connectivity index (χ3n) is 3.84. The summed E-state index contributed by atoms with van der Waals surface area (Å²) in [5, 5.41) is 8.95. The second kappa shape index (κ2) is 6.64. The van der Waals surface area contributed by atoms with Crippen LogP contribution in [-0.2, 0) is 4.79 Å². The van der Waals surface area contributed by atoms with E-state index in [9.17, 15) is 14.0 Å². The fraction of sp³-hybridized carbons (Fsp3) is 0.467. The van der Waals surface area contributed by atoms with Gasteiger partial charge >= 0.3 is 5.97 Å². The number of aliphatic carboxylic acids is 1. The molecular weight excluding hydrogens is 293 g/mol. The number of carboxylic acids is 1. The van der Waals surface area contributed by atoms with Crippen LogP contribution in [-0.4, -0.2) is 30.2 Å². The van der Waals surface area contributed by atoms with E-state index in [1.54, 1.807) is 0 Å². The highest BCUT2D eigenvalue weighted by molar-refractivity contribution is 5.96. The molecule has 1 aromatic rings.